The highest BCUT2D eigenvalue weighted by molar-refractivity contribution is 6.67. The van der Waals surface area contributed by atoms with E-state index < -0.39 is 29.4 Å². The molecule has 1 aliphatic heterocycles. The summed E-state index contributed by atoms with van der Waals surface area (Å²) in [6.45, 7) is 2.15. The second kappa shape index (κ2) is 6.95. The summed E-state index contributed by atoms with van der Waals surface area (Å²) < 4.78 is 4.64. The van der Waals surface area contributed by atoms with Crippen LogP contribution in [0, 0.1) is 0 Å². The van der Waals surface area contributed by atoms with Gasteiger partial charge in [-0.15, -0.1) is 11.6 Å². The number of hydrogen-bond donors (Lipinski definition) is 1. The highest BCUT2D eigenvalue weighted by atomic mass is 35.5. The van der Waals surface area contributed by atoms with Gasteiger partial charge in [0.25, 0.3) is 5.91 Å². The molecule has 1 unspecified atom stereocenters. The maximum Gasteiger partial charge on any atom is 0.364 e. The number of halogens is 1. The summed E-state index contributed by atoms with van der Waals surface area (Å²) in [4.78, 5) is 38.8. The molecule has 1 atom stereocenters. The fourth-order valence-corrected chi connectivity index (χ4v) is 1.38. The summed E-state index contributed by atoms with van der Waals surface area (Å²) in [5.41, 5.74) is -0.536. The number of Topliss-reactive ketones (excluding diaryl/α,β-unsaturated/α-hetero) is 1. The van der Waals surface area contributed by atoms with E-state index in [0.717, 1.165) is 0 Å². The van der Waals surface area contributed by atoms with Crippen molar-refractivity contribution in [3.05, 3.63) is 0 Å². The standard InChI is InChI=1S/C10H13ClN2O5/c1-2-17-10(16)8(6(14)5-11)13-18-7-3-4-12-9(7)15/h7H,2-5H2,1H3,(H,12,15). The van der Waals surface area contributed by atoms with Gasteiger partial charge in [0, 0.05) is 13.0 Å². The van der Waals surface area contributed by atoms with Crippen LogP contribution in [-0.2, 0) is 24.0 Å². The molecule has 0 aromatic carbocycles. The molecule has 0 aromatic rings. The van der Waals surface area contributed by atoms with Crippen LogP contribution >= 0.6 is 11.6 Å². The van der Waals surface area contributed by atoms with Gasteiger partial charge in [-0.05, 0) is 6.92 Å². The number of oxime groups is 1. The molecule has 1 rings (SSSR count). The lowest BCUT2D eigenvalue weighted by molar-refractivity contribution is -0.137. The molecule has 100 valence electrons. The number of ketones is 1. The van der Waals surface area contributed by atoms with E-state index in [1.165, 1.54) is 0 Å². The van der Waals surface area contributed by atoms with Crippen molar-refractivity contribution in [1.82, 2.24) is 5.32 Å². The molecule has 8 heteroatoms. The van der Waals surface area contributed by atoms with Gasteiger partial charge in [-0.2, -0.15) is 0 Å². The van der Waals surface area contributed by atoms with E-state index in [1.807, 2.05) is 0 Å². The van der Waals surface area contributed by atoms with Crippen LogP contribution in [0.15, 0.2) is 5.16 Å². The zero-order valence-electron chi connectivity index (χ0n) is 9.77. The smallest absolute Gasteiger partial charge is 0.364 e. The van der Waals surface area contributed by atoms with Gasteiger partial charge in [0.1, 0.15) is 0 Å². The van der Waals surface area contributed by atoms with Gasteiger partial charge in [-0.3, -0.25) is 9.59 Å². The minimum atomic E-state index is -0.915. The highest BCUT2D eigenvalue weighted by Crippen LogP contribution is 2.06. The van der Waals surface area contributed by atoms with Crippen molar-refractivity contribution in [1.29, 1.82) is 0 Å². The van der Waals surface area contributed by atoms with Gasteiger partial charge in [0.15, 0.2) is 0 Å². The maximum atomic E-state index is 11.4. The average molecular weight is 277 g/mol. The van der Waals surface area contributed by atoms with Crippen LogP contribution in [-0.4, -0.2) is 48.5 Å². The van der Waals surface area contributed by atoms with Gasteiger partial charge in [-0.1, -0.05) is 5.16 Å². The third kappa shape index (κ3) is 3.69. The summed E-state index contributed by atoms with van der Waals surface area (Å²) in [6, 6.07) is 0. The number of nitrogens with zero attached hydrogens (tertiary/aromatic N) is 1. The zero-order chi connectivity index (χ0) is 13.5. The monoisotopic (exact) mass is 276 g/mol. The minimum Gasteiger partial charge on any atom is -0.461 e. The van der Waals surface area contributed by atoms with E-state index >= 15 is 0 Å². The first-order chi connectivity index (χ1) is 8.60. The van der Waals surface area contributed by atoms with Gasteiger partial charge < -0.3 is 14.9 Å². The lowest BCUT2D eigenvalue weighted by atomic mass is 10.3. The van der Waals surface area contributed by atoms with Crippen molar-refractivity contribution in [2.45, 2.75) is 19.4 Å². The highest BCUT2D eigenvalue weighted by Gasteiger charge is 2.28. The number of carbonyl (C=O) groups excluding carboxylic acids is 3. The normalized spacial score (nSPS) is 19.3. The number of alkyl halides is 1. The van der Waals surface area contributed by atoms with E-state index in [-0.39, 0.29) is 12.5 Å². The Balaban J connectivity index is 2.72. The largest absolute Gasteiger partial charge is 0.461 e. The minimum absolute atomic E-state index is 0.0946. The fourth-order valence-electron chi connectivity index (χ4n) is 1.25. The molecular weight excluding hydrogens is 264 g/mol. The molecule has 1 heterocycles. The quantitative estimate of drug-likeness (QED) is 0.235. The predicted molar refractivity (Wildman–Crippen MR) is 62.3 cm³/mol. The molecular formula is C10H13ClN2O5. The van der Waals surface area contributed by atoms with Crippen LogP contribution in [0.1, 0.15) is 13.3 Å². The molecule has 1 N–H and O–H groups in total. The molecule has 0 spiro atoms. The van der Waals surface area contributed by atoms with Crippen molar-refractivity contribution in [3.63, 3.8) is 0 Å². The van der Waals surface area contributed by atoms with E-state index in [0.29, 0.717) is 13.0 Å². The van der Waals surface area contributed by atoms with Gasteiger partial charge in [0.2, 0.25) is 17.6 Å². The molecule has 0 radical (unpaired) electrons. The second-order valence-corrected chi connectivity index (χ2v) is 3.66. The Kier molecular flexibility index (Phi) is 5.57. The van der Waals surface area contributed by atoms with E-state index in [9.17, 15) is 14.4 Å². The van der Waals surface area contributed by atoms with E-state index in [1.54, 1.807) is 6.92 Å². The molecule has 1 fully saturated rings. The van der Waals surface area contributed by atoms with Crippen LogP contribution < -0.4 is 5.32 Å². The van der Waals surface area contributed by atoms with E-state index in [4.69, 9.17) is 16.4 Å². The van der Waals surface area contributed by atoms with Crippen molar-refractivity contribution in [3.8, 4) is 0 Å². The lowest BCUT2D eigenvalue weighted by Crippen LogP contribution is -2.30. The van der Waals surface area contributed by atoms with Crippen LogP contribution in [0.2, 0.25) is 0 Å². The molecule has 18 heavy (non-hydrogen) atoms. The van der Waals surface area contributed by atoms with Crippen molar-refractivity contribution >= 4 is 35.0 Å². The number of ether oxygens (including phenoxy) is 1. The maximum absolute atomic E-state index is 11.4. The fraction of sp³-hybridized carbons (Fsp3) is 0.600. The molecule has 7 nitrogen and oxygen atoms in total. The Labute approximate surface area is 108 Å². The third-order valence-corrected chi connectivity index (χ3v) is 2.37. The number of hydrogen-bond acceptors (Lipinski definition) is 6. The number of carbonyl (C=O) groups is 3. The number of amides is 1. The van der Waals surface area contributed by atoms with Crippen molar-refractivity contribution in [2.75, 3.05) is 19.0 Å². The third-order valence-electron chi connectivity index (χ3n) is 2.12. The molecule has 0 bridgehead atoms. The van der Waals surface area contributed by atoms with Gasteiger partial charge >= 0.3 is 5.97 Å². The summed E-state index contributed by atoms with van der Waals surface area (Å²) in [7, 11) is 0. The Bertz CT molecular complexity index is 382. The van der Waals surface area contributed by atoms with Crippen molar-refractivity contribution < 1.29 is 24.0 Å². The Morgan fingerprint density at radius 3 is 2.78 bits per heavy atom. The summed E-state index contributed by atoms with van der Waals surface area (Å²) >= 11 is 5.34. The molecule has 0 aliphatic carbocycles. The van der Waals surface area contributed by atoms with Crippen LogP contribution in [0.25, 0.3) is 0 Å². The SMILES string of the molecule is CCOC(=O)C(=NOC1CCNC1=O)C(=O)CCl. The average Bonchev–Trinajstić information content (AvgIpc) is 2.75. The molecule has 1 aliphatic rings. The van der Waals surface area contributed by atoms with Crippen molar-refractivity contribution in [2.24, 2.45) is 5.16 Å². The predicted octanol–water partition coefficient (Wildman–Crippen LogP) is -0.381. The first kappa shape index (κ1) is 14.4. The van der Waals surface area contributed by atoms with Gasteiger partial charge in [-0.25, -0.2) is 4.79 Å². The first-order valence-electron chi connectivity index (χ1n) is 5.38. The number of rotatable bonds is 6. The van der Waals surface area contributed by atoms with E-state index in [2.05, 4.69) is 15.2 Å². The lowest BCUT2D eigenvalue weighted by Gasteiger charge is -2.06. The number of nitrogens with one attached hydrogen (secondary N) is 1. The molecule has 1 saturated heterocycles. The zero-order valence-corrected chi connectivity index (χ0v) is 10.5. The topological polar surface area (TPSA) is 94.1 Å². The van der Waals surface area contributed by atoms with Crippen LogP contribution in [0.3, 0.4) is 0 Å². The molecule has 0 saturated carbocycles. The van der Waals surface area contributed by atoms with Crippen LogP contribution in [0.4, 0.5) is 0 Å². The summed E-state index contributed by atoms with van der Waals surface area (Å²) in [6.07, 6.45) is -0.370. The van der Waals surface area contributed by atoms with Gasteiger partial charge in [0.05, 0.1) is 12.5 Å². The molecule has 0 aromatic heterocycles. The number of esters is 1. The molecule has 1 amide bonds. The Morgan fingerprint density at radius 2 is 2.28 bits per heavy atom. The first-order valence-corrected chi connectivity index (χ1v) is 5.91. The summed E-state index contributed by atoms with van der Waals surface area (Å²) in [5, 5.41) is 5.92. The van der Waals surface area contributed by atoms with Crippen LogP contribution in [0.5, 0.6) is 0 Å². The Hall–Kier alpha value is -1.63. The second-order valence-electron chi connectivity index (χ2n) is 3.39. The summed E-state index contributed by atoms with van der Waals surface area (Å²) in [5.74, 6) is -2.38. The Morgan fingerprint density at radius 1 is 1.56 bits per heavy atom.